The third-order valence-corrected chi connectivity index (χ3v) is 4.13. The Hall–Kier alpha value is -2.69. The Labute approximate surface area is 133 Å². The molecule has 5 heteroatoms. The van der Waals surface area contributed by atoms with Crippen LogP contribution < -0.4 is 4.74 Å². The lowest BCUT2D eigenvalue weighted by molar-refractivity contribution is 0.0778. The number of nitrogens with zero attached hydrogens (tertiary/aromatic N) is 2. The van der Waals surface area contributed by atoms with Gasteiger partial charge in [0.05, 0.1) is 18.9 Å². The minimum absolute atomic E-state index is 0.274. The first-order valence-corrected chi connectivity index (χ1v) is 7.62. The highest BCUT2D eigenvalue weighted by atomic mass is 19.1. The van der Waals surface area contributed by atoms with E-state index in [4.69, 9.17) is 4.74 Å². The van der Waals surface area contributed by atoms with Crippen molar-refractivity contribution in [3.05, 3.63) is 65.0 Å². The van der Waals surface area contributed by atoms with Gasteiger partial charge < -0.3 is 4.74 Å². The van der Waals surface area contributed by atoms with E-state index in [1.54, 1.807) is 6.07 Å². The van der Waals surface area contributed by atoms with E-state index in [9.17, 15) is 9.18 Å². The fraction of sp³-hybridized carbons (Fsp3) is 0.222. The average Bonchev–Trinajstić information content (AvgIpc) is 3.22. The number of hydrazone groups is 1. The Morgan fingerprint density at radius 2 is 2.09 bits per heavy atom. The van der Waals surface area contributed by atoms with Crippen LogP contribution in [0, 0.1) is 5.82 Å². The summed E-state index contributed by atoms with van der Waals surface area (Å²) in [6, 6.07) is 11.7. The fourth-order valence-corrected chi connectivity index (χ4v) is 2.94. The highest BCUT2D eigenvalue weighted by Crippen LogP contribution is 2.27. The topological polar surface area (TPSA) is 41.9 Å². The van der Waals surface area contributed by atoms with Crippen molar-refractivity contribution in [2.45, 2.75) is 12.8 Å². The minimum Gasteiger partial charge on any atom is -0.493 e. The van der Waals surface area contributed by atoms with E-state index in [0.29, 0.717) is 18.5 Å². The minimum atomic E-state index is -0.419. The zero-order valence-corrected chi connectivity index (χ0v) is 12.5. The van der Waals surface area contributed by atoms with Gasteiger partial charge in [-0.1, -0.05) is 6.07 Å². The second-order valence-electron chi connectivity index (χ2n) is 5.66. The lowest BCUT2D eigenvalue weighted by atomic mass is 10.0. The van der Waals surface area contributed by atoms with Crippen LogP contribution in [0.1, 0.15) is 27.9 Å². The van der Waals surface area contributed by atoms with Gasteiger partial charge in [-0.25, -0.2) is 9.40 Å². The summed E-state index contributed by atoms with van der Waals surface area (Å²) in [6.07, 6.45) is 1.60. The monoisotopic (exact) mass is 310 g/mol. The molecule has 0 N–H and O–H groups in total. The van der Waals surface area contributed by atoms with Crippen LogP contribution in [-0.2, 0) is 6.42 Å². The van der Waals surface area contributed by atoms with E-state index in [1.807, 2.05) is 12.1 Å². The van der Waals surface area contributed by atoms with Gasteiger partial charge in [0.15, 0.2) is 0 Å². The summed E-state index contributed by atoms with van der Waals surface area (Å²) in [5.74, 6) is 0.238. The molecule has 2 aromatic carbocycles. The van der Waals surface area contributed by atoms with E-state index >= 15 is 0 Å². The summed E-state index contributed by atoms with van der Waals surface area (Å²) in [7, 11) is 0. The second-order valence-corrected chi connectivity index (χ2v) is 5.66. The molecule has 2 aliphatic rings. The summed E-state index contributed by atoms with van der Waals surface area (Å²) in [6.45, 7) is 1.23. The van der Waals surface area contributed by atoms with Gasteiger partial charge in [-0.15, -0.1) is 0 Å². The number of benzene rings is 2. The molecule has 0 atom stereocenters. The number of amides is 1. The molecule has 2 aliphatic heterocycles. The van der Waals surface area contributed by atoms with E-state index in [0.717, 1.165) is 30.1 Å². The maximum Gasteiger partial charge on any atom is 0.274 e. The van der Waals surface area contributed by atoms with Crippen molar-refractivity contribution in [2.24, 2.45) is 5.10 Å². The molecule has 0 saturated heterocycles. The Balaban J connectivity index is 1.58. The van der Waals surface area contributed by atoms with Crippen molar-refractivity contribution < 1.29 is 13.9 Å². The van der Waals surface area contributed by atoms with Gasteiger partial charge >= 0.3 is 0 Å². The molecule has 4 rings (SSSR count). The maximum absolute atomic E-state index is 13.3. The molecule has 0 radical (unpaired) electrons. The van der Waals surface area contributed by atoms with E-state index in [1.165, 1.54) is 28.8 Å². The van der Waals surface area contributed by atoms with Crippen LogP contribution in [0.15, 0.2) is 47.6 Å². The van der Waals surface area contributed by atoms with Crippen molar-refractivity contribution >= 4 is 11.6 Å². The number of hydrogen-bond donors (Lipinski definition) is 0. The Bertz CT molecular complexity index is 816. The molecule has 0 fully saturated rings. The number of hydrogen-bond acceptors (Lipinski definition) is 3. The highest BCUT2D eigenvalue weighted by molar-refractivity contribution is 6.04. The van der Waals surface area contributed by atoms with Crippen LogP contribution in [0.25, 0.3) is 0 Å². The van der Waals surface area contributed by atoms with Crippen molar-refractivity contribution in [3.63, 3.8) is 0 Å². The van der Waals surface area contributed by atoms with E-state index in [-0.39, 0.29) is 5.91 Å². The number of fused-ring (bicyclic) bond motifs is 1. The third kappa shape index (κ3) is 2.59. The number of halogens is 1. The molecule has 1 amide bonds. The van der Waals surface area contributed by atoms with Crippen LogP contribution in [-0.4, -0.2) is 29.8 Å². The quantitative estimate of drug-likeness (QED) is 0.855. The Morgan fingerprint density at radius 3 is 2.96 bits per heavy atom. The van der Waals surface area contributed by atoms with Crippen molar-refractivity contribution in [2.75, 3.05) is 13.2 Å². The standard InChI is InChI=1S/C18H15FN2O2/c19-15-3-1-2-14(11-15)18(22)21-8-6-16(20-21)12-4-5-17-13(10-12)7-9-23-17/h1-5,10-11H,6-9H2. The SMILES string of the molecule is O=C(c1cccc(F)c1)N1CCC(c2ccc3c(c2)CCO3)=N1. The van der Waals surface area contributed by atoms with Gasteiger partial charge in [0, 0.05) is 18.4 Å². The van der Waals surface area contributed by atoms with E-state index < -0.39 is 5.82 Å². The van der Waals surface area contributed by atoms with Gasteiger partial charge in [-0.2, -0.15) is 5.10 Å². The predicted molar refractivity (Wildman–Crippen MR) is 84.2 cm³/mol. The highest BCUT2D eigenvalue weighted by Gasteiger charge is 2.24. The van der Waals surface area contributed by atoms with Crippen LogP contribution >= 0.6 is 0 Å². The van der Waals surface area contributed by atoms with Crippen molar-refractivity contribution in [1.82, 2.24) is 5.01 Å². The number of carbonyl (C=O) groups excluding carboxylic acids is 1. The Morgan fingerprint density at radius 1 is 1.17 bits per heavy atom. The van der Waals surface area contributed by atoms with Gasteiger partial charge in [0.2, 0.25) is 0 Å². The molecule has 0 aliphatic carbocycles. The molecule has 0 aromatic heterocycles. The largest absolute Gasteiger partial charge is 0.493 e. The third-order valence-electron chi connectivity index (χ3n) is 4.13. The summed E-state index contributed by atoms with van der Waals surface area (Å²) >= 11 is 0. The molecule has 0 saturated carbocycles. The molecule has 2 aromatic rings. The molecule has 0 unspecified atom stereocenters. The smallest absolute Gasteiger partial charge is 0.274 e. The molecule has 4 nitrogen and oxygen atoms in total. The molecular weight excluding hydrogens is 295 g/mol. The van der Waals surface area contributed by atoms with Crippen LogP contribution in [0.2, 0.25) is 0 Å². The maximum atomic E-state index is 13.3. The summed E-state index contributed by atoms with van der Waals surface area (Å²) < 4.78 is 18.8. The molecule has 0 bridgehead atoms. The summed E-state index contributed by atoms with van der Waals surface area (Å²) in [5, 5.41) is 5.84. The molecular formula is C18H15FN2O2. The van der Waals surface area contributed by atoms with Gasteiger partial charge in [0.1, 0.15) is 11.6 Å². The van der Waals surface area contributed by atoms with Crippen LogP contribution in [0.4, 0.5) is 4.39 Å². The van der Waals surface area contributed by atoms with E-state index in [2.05, 4.69) is 11.2 Å². The van der Waals surface area contributed by atoms with Gasteiger partial charge in [-0.3, -0.25) is 4.79 Å². The number of ether oxygens (including phenoxy) is 1. The summed E-state index contributed by atoms with van der Waals surface area (Å²) in [5.41, 5.74) is 3.39. The zero-order chi connectivity index (χ0) is 15.8. The first-order valence-electron chi connectivity index (χ1n) is 7.62. The van der Waals surface area contributed by atoms with Crippen molar-refractivity contribution in [3.8, 4) is 5.75 Å². The van der Waals surface area contributed by atoms with Crippen LogP contribution in [0.3, 0.4) is 0 Å². The number of carbonyl (C=O) groups is 1. The molecule has 2 heterocycles. The van der Waals surface area contributed by atoms with Gasteiger partial charge in [-0.05, 0) is 47.5 Å². The molecule has 0 spiro atoms. The zero-order valence-electron chi connectivity index (χ0n) is 12.5. The van der Waals surface area contributed by atoms with Crippen molar-refractivity contribution in [1.29, 1.82) is 0 Å². The Kier molecular flexibility index (Phi) is 3.33. The normalized spacial score (nSPS) is 16.0. The average molecular weight is 310 g/mol. The lowest BCUT2D eigenvalue weighted by Gasteiger charge is -2.11. The summed E-state index contributed by atoms with van der Waals surface area (Å²) in [4.78, 5) is 12.4. The predicted octanol–water partition coefficient (Wildman–Crippen LogP) is 3.01. The fourth-order valence-electron chi connectivity index (χ4n) is 2.94. The van der Waals surface area contributed by atoms with Gasteiger partial charge in [0.25, 0.3) is 5.91 Å². The second kappa shape index (κ2) is 5.50. The first kappa shape index (κ1) is 13.9. The first-order chi connectivity index (χ1) is 11.2. The lowest BCUT2D eigenvalue weighted by Crippen LogP contribution is -2.23. The van der Waals surface area contributed by atoms with Crippen LogP contribution in [0.5, 0.6) is 5.75 Å². The molecule has 23 heavy (non-hydrogen) atoms. The number of rotatable bonds is 2. The molecule has 116 valence electrons.